The van der Waals surface area contributed by atoms with Gasteiger partial charge in [-0.2, -0.15) is 5.10 Å². The van der Waals surface area contributed by atoms with Gasteiger partial charge < -0.3 is 5.11 Å². The number of aromatic nitrogens is 2. The van der Waals surface area contributed by atoms with Crippen molar-refractivity contribution in [1.29, 1.82) is 0 Å². The molecule has 1 heterocycles. The molecule has 0 spiro atoms. The Balaban J connectivity index is 3.03. The highest BCUT2D eigenvalue weighted by molar-refractivity contribution is 5.78. The predicted molar refractivity (Wildman–Crippen MR) is 84.7 cm³/mol. The van der Waals surface area contributed by atoms with Crippen LogP contribution in [-0.2, 0) is 11.2 Å². The van der Waals surface area contributed by atoms with Gasteiger partial charge in [0.1, 0.15) is 5.54 Å². The summed E-state index contributed by atoms with van der Waals surface area (Å²) in [6, 6.07) is 0.140. The van der Waals surface area contributed by atoms with E-state index in [1.165, 1.54) is 5.56 Å². The number of carbonyl (C=O) groups is 1. The number of hydrogen-bond donors (Lipinski definition) is 2. The second-order valence-corrected chi connectivity index (χ2v) is 6.44. The first-order chi connectivity index (χ1) is 9.62. The van der Waals surface area contributed by atoms with Crippen molar-refractivity contribution in [2.24, 2.45) is 0 Å². The van der Waals surface area contributed by atoms with E-state index >= 15 is 0 Å². The van der Waals surface area contributed by atoms with Crippen LogP contribution in [0.5, 0.6) is 0 Å². The Bertz CT molecular complexity index is 508. The van der Waals surface area contributed by atoms with E-state index in [1.54, 1.807) is 6.92 Å². The zero-order valence-corrected chi connectivity index (χ0v) is 14.3. The number of nitrogens with one attached hydrogen (secondary N) is 1. The highest BCUT2D eigenvalue weighted by atomic mass is 16.4. The lowest BCUT2D eigenvalue weighted by molar-refractivity contribution is -0.145. The number of carboxylic acids is 1. The van der Waals surface area contributed by atoms with Gasteiger partial charge in [-0.1, -0.05) is 6.92 Å². The molecule has 0 amide bonds. The lowest BCUT2D eigenvalue weighted by Crippen LogP contribution is -2.53. The summed E-state index contributed by atoms with van der Waals surface area (Å²) in [5.74, 6) is -0.819. The van der Waals surface area contributed by atoms with Crippen molar-refractivity contribution >= 4 is 5.97 Å². The predicted octanol–water partition coefficient (Wildman–Crippen LogP) is 2.85. The molecule has 2 atom stereocenters. The number of carboxylic acid groups (broad SMARTS) is 1. The molecule has 0 aliphatic heterocycles. The average Bonchev–Trinajstić information content (AvgIpc) is 2.63. The molecule has 0 saturated heterocycles. The van der Waals surface area contributed by atoms with Gasteiger partial charge in [0.25, 0.3) is 0 Å². The maximum Gasteiger partial charge on any atom is 0.323 e. The number of nitrogens with zero attached hydrogens (tertiary/aromatic N) is 2. The minimum absolute atomic E-state index is 0.0244. The van der Waals surface area contributed by atoms with Crippen molar-refractivity contribution in [3.63, 3.8) is 0 Å². The third-order valence-corrected chi connectivity index (χ3v) is 4.03. The van der Waals surface area contributed by atoms with E-state index in [9.17, 15) is 9.90 Å². The number of aliphatic carboxylic acids is 1. The fourth-order valence-corrected chi connectivity index (χ4v) is 3.16. The number of rotatable bonds is 7. The van der Waals surface area contributed by atoms with Gasteiger partial charge in [0, 0.05) is 11.7 Å². The molecule has 0 bridgehead atoms. The van der Waals surface area contributed by atoms with Crippen LogP contribution in [0.2, 0.25) is 0 Å². The Morgan fingerprint density at radius 2 is 1.95 bits per heavy atom. The molecule has 21 heavy (non-hydrogen) atoms. The fourth-order valence-electron chi connectivity index (χ4n) is 3.16. The van der Waals surface area contributed by atoms with E-state index in [0.717, 1.165) is 17.8 Å². The Morgan fingerprint density at radius 1 is 1.38 bits per heavy atom. The maximum absolute atomic E-state index is 11.6. The van der Waals surface area contributed by atoms with E-state index < -0.39 is 11.5 Å². The zero-order valence-electron chi connectivity index (χ0n) is 14.3. The molecule has 5 heteroatoms. The van der Waals surface area contributed by atoms with Crippen LogP contribution in [0.1, 0.15) is 64.0 Å². The van der Waals surface area contributed by atoms with E-state index in [4.69, 9.17) is 0 Å². The lowest BCUT2D eigenvalue weighted by Gasteiger charge is -2.31. The summed E-state index contributed by atoms with van der Waals surface area (Å²) in [6.45, 7) is 13.9. The van der Waals surface area contributed by atoms with E-state index in [2.05, 4.69) is 24.3 Å². The molecule has 0 saturated carbocycles. The molecule has 1 aromatic rings. The van der Waals surface area contributed by atoms with E-state index in [1.807, 2.05) is 32.4 Å². The lowest BCUT2D eigenvalue weighted by atomic mass is 9.92. The van der Waals surface area contributed by atoms with Crippen molar-refractivity contribution in [2.45, 2.75) is 78.9 Å². The molecule has 0 fully saturated rings. The highest BCUT2D eigenvalue weighted by Crippen LogP contribution is 2.25. The fraction of sp³-hybridized carbons (Fsp3) is 0.750. The summed E-state index contributed by atoms with van der Waals surface area (Å²) in [5.41, 5.74) is 2.48. The number of hydrogen-bond acceptors (Lipinski definition) is 3. The van der Waals surface area contributed by atoms with E-state index in [-0.39, 0.29) is 12.1 Å². The van der Waals surface area contributed by atoms with Gasteiger partial charge in [0.15, 0.2) is 0 Å². The van der Waals surface area contributed by atoms with Crippen LogP contribution in [0, 0.1) is 13.8 Å². The monoisotopic (exact) mass is 295 g/mol. The molecule has 5 nitrogen and oxygen atoms in total. The van der Waals surface area contributed by atoms with Gasteiger partial charge in [-0.05, 0) is 59.9 Å². The van der Waals surface area contributed by atoms with Gasteiger partial charge in [0.2, 0.25) is 0 Å². The minimum Gasteiger partial charge on any atom is -0.480 e. The summed E-state index contributed by atoms with van der Waals surface area (Å²) in [5, 5.41) is 17.3. The second-order valence-electron chi connectivity index (χ2n) is 6.44. The second kappa shape index (κ2) is 6.60. The topological polar surface area (TPSA) is 67.2 Å². The smallest absolute Gasteiger partial charge is 0.323 e. The van der Waals surface area contributed by atoms with Gasteiger partial charge >= 0.3 is 5.97 Å². The van der Waals surface area contributed by atoms with Crippen LogP contribution < -0.4 is 5.32 Å². The van der Waals surface area contributed by atoms with Crippen LogP contribution >= 0.6 is 0 Å². The standard InChI is InChI=1S/C16H29N3O2/c1-8-14-12(5)18-19(13(14)6)11(4)9-16(7,15(20)21)17-10(2)3/h10-11,17H,8-9H2,1-7H3,(H,20,21). The Kier molecular flexibility index (Phi) is 5.56. The third kappa shape index (κ3) is 3.84. The molecule has 1 rings (SSSR count). The first-order valence-electron chi connectivity index (χ1n) is 7.68. The first-order valence-corrected chi connectivity index (χ1v) is 7.68. The summed E-state index contributed by atoms with van der Waals surface area (Å²) < 4.78 is 1.97. The normalized spacial score (nSPS) is 16.0. The number of aryl methyl sites for hydroxylation is 1. The van der Waals surface area contributed by atoms with Crippen molar-refractivity contribution in [2.75, 3.05) is 0 Å². The molecule has 0 aromatic carbocycles. The SMILES string of the molecule is CCc1c(C)nn(C(C)CC(C)(NC(C)C)C(=O)O)c1C. The quantitative estimate of drug-likeness (QED) is 0.811. The molecule has 0 aliphatic carbocycles. The maximum atomic E-state index is 11.6. The zero-order chi connectivity index (χ0) is 16.4. The van der Waals surface area contributed by atoms with Crippen molar-refractivity contribution in [3.05, 3.63) is 17.0 Å². The van der Waals surface area contributed by atoms with Crippen LogP contribution in [0.4, 0.5) is 0 Å². The molecule has 2 unspecified atom stereocenters. The minimum atomic E-state index is -0.952. The van der Waals surface area contributed by atoms with Gasteiger partial charge in [-0.3, -0.25) is 14.8 Å². The molecule has 1 aromatic heterocycles. The summed E-state index contributed by atoms with van der Waals surface area (Å²) in [6.07, 6.45) is 1.44. The van der Waals surface area contributed by atoms with Crippen LogP contribution in [-0.4, -0.2) is 32.4 Å². The van der Waals surface area contributed by atoms with Gasteiger partial charge in [-0.15, -0.1) is 0 Å². The van der Waals surface area contributed by atoms with Crippen LogP contribution in [0.15, 0.2) is 0 Å². The third-order valence-electron chi connectivity index (χ3n) is 4.03. The molecular weight excluding hydrogens is 266 g/mol. The van der Waals surface area contributed by atoms with Gasteiger partial charge in [0.05, 0.1) is 11.7 Å². The molecule has 0 radical (unpaired) electrons. The largest absolute Gasteiger partial charge is 0.480 e. The van der Waals surface area contributed by atoms with Crippen LogP contribution in [0.3, 0.4) is 0 Å². The molecule has 2 N–H and O–H groups in total. The van der Waals surface area contributed by atoms with Crippen molar-refractivity contribution < 1.29 is 9.90 Å². The molecule has 120 valence electrons. The van der Waals surface area contributed by atoms with Crippen molar-refractivity contribution in [3.8, 4) is 0 Å². The molecule has 0 aliphatic rings. The summed E-state index contributed by atoms with van der Waals surface area (Å²) in [7, 11) is 0. The first kappa shape index (κ1) is 17.7. The Morgan fingerprint density at radius 3 is 2.33 bits per heavy atom. The van der Waals surface area contributed by atoms with Crippen LogP contribution in [0.25, 0.3) is 0 Å². The summed E-state index contributed by atoms with van der Waals surface area (Å²) >= 11 is 0. The summed E-state index contributed by atoms with van der Waals surface area (Å²) in [4.78, 5) is 11.6. The Hall–Kier alpha value is -1.36. The molecular formula is C16H29N3O2. The van der Waals surface area contributed by atoms with Crippen molar-refractivity contribution in [1.82, 2.24) is 15.1 Å². The average molecular weight is 295 g/mol. The highest BCUT2D eigenvalue weighted by Gasteiger charge is 2.36. The Labute approximate surface area is 127 Å². The van der Waals surface area contributed by atoms with E-state index in [0.29, 0.717) is 6.42 Å². The van der Waals surface area contributed by atoms with Gasteiger partial charge in [-0.25, -0.2) is 0 Å².